The summed E-state index contributed by atoms with van der Waals surface area (Å²) in [4.78, 5) is 35.5. The Kier molecular flexibility index (Phi) is 7.85. The molecule has 160 valence electrons. The first-order valence-electron chi connectivity index (χ1n) is 8.70. The minimum absolute atomic E-state index is 0.107. The van der Waals surface area contributed by atoms with Gasteiger partial charge in [-0.2, -0.15) is 0 Å². The zero-order valence-electron chi connectivity index (χ0n) is 15.9. The van der Waals surface area contributed by atoms with Crippen molar-refractivity contribution in [3.05, 3.63) is 58.1 Å². The Labute approximate surface area is 195 Å². The highest BCUT2D eigenvalue weighted by Gasteiger charge is 2.15. The highest BCUT2D eigenvalue weighted by atomic mass is 35.5. The fourth-order valence-corrected chi connectivity index (χ4v) is 4.24. The van der Waals surface area contributed by atoms with E-state index in [0.29, 0.717) is 20.7 Å². The maximum absolute atomic E-state index is 12.3. The predicted octanol–water partition coefficient (Wildman–Crippen LogP) is 4.79. The van der Waals surface area contributed by atoms with Crippen molar-refractivity contribution in [1.29, 1.82) is 0 Å². The van der Waals surface area contributed by atoms with Crippen LogP contribution in [0.2, 0.25) is 10.0 Å². The third-order valence-electron chi connectivity index (χ3n) is 3.62. The normalized spacial score (nSPS) is 10.4. The van der Waals surface area contributed by atoms with Crippen LogP contribution in [0, 0.1) is 0 Å². The Morgan fingerprint density at radius 3 is 2.32 bits per heavy atom. The first-order valence-corrected chi connectivity index (χ1v) is 11.3. The molecule has 0 radical (unpaired) electrons. The molecule has 3 rings (SSSR count). The van der Waals surface area contributed by atoms with Crippen LogP contribution in [0.25, 0.3) is 0 Å². The molecular weight excluding hydrogens is 481 g/mol. The van der Waals surface area contributed by atoms with Crippen LogP contribution in [0.3, 0.4) is 0 Å². The third-order valence-corrected chi connectivity index (χ3v) is 6.15. The molecule has 2 aromatic carbocycles. The lowest BCUT2D eigenvalue weighted by Crippen LogP contribution is -2.14. The minimum atomic E-state index is -0.458. The van der Waals surface area contributed by atoms with Crippen LogP contribution in [0.15, 0.2) is 46.8 Å². The molecule has 3 aromatic rings. The van der Waals surface area contributed by atoms with E-state index in [-0.39, 0.29) is 33.3 Å². The SMILES string of the molecule is CC(=O)Nc1ccc(NC(=O)CSc2nnc(NC(=O)c3cc(Cl)ccc3Cl)s2)cc1. The van der Waals surface area contributed by atoms with E-state index in [2.05, 4.69) is 26.1 Å². The quantitative estimate of drug-likeness (QED) is 0.320. The van der Waals surface area contributed by atoms with Crippen LogP contribution >= 0.6 is 46.3 Å². The molecule has 12 heteroatoms. The van der Waals surface area contributed by atoms with Crippen LogP contribution in [0.4, 0.5) is 16.5 Å². The van der Waals surface area contributed by atoms with Crippen molar-refractivity contribution in [3.8, 4) is 0 Å². The van der Waals surface area contributed by atoms with E-state index in [4.69, 9.17) is 23.2 Å². The molecule has 0 aliphatic rings. The second kappa shape index (κ2) is 10.6. The predicted molar refractivity (Wildman–Crippen MR) is 124 cm³/mol. The van der Waals surface area contributed by atoms with Gasteiger partial charge in [-0.15, -0.1) is 10.2 Å². The van der Waals surface area contributed by atoms with Gasteiger partial charge in [-0.3, -0.25) is 19.7 Å². The van der Waals surface area contributed by atoms with Crippen LogP contribution < -0.4 is 16.0 Å². The fraction of sp³-hybridized carbons (Fsp3) is 0.105. The number of carbonyl (C=O) groups excluding carboxylic acids is 3. The van der Waals surface area contributed by atoms with Gasteiger partial charge in [-0.25, -0.2) is 0 Å². The second-order valence-corrected chi connectivity index (χ2v) is 9.09. The van der Waals surface area contributed by atoms with Gasteiger partial charge in [0.05, 0.1) is 16.3 Å². The standard InChI is InChI=1S/C19H15Cl2N5O3S2/c1-10(27)22-12-3-5-13(6-4-12)23-16(28)9-30-19-26-25-18(31-19)24-17(29)14-8-11(20)2-7-15(14)21/h2-8H,9H2,1H3,(H,22,27)(H,23,28)(H,24,25,29). The highest BCUT2D eigenvalue weighted by molar-refractivity contribution is 8.01. The molecule has 3 amide bonds. The van der Waals surface area contributed by atoms with Gasteiger partial charge in [0, 0.05) is 23.3 Å². The summed E-state index contributed by atoms with van der Waals surface area (Å²) in [5, 5.41) is 16.8. The monoisotopic (exact) mass is 495 g/mol. The average Bonchev–Trinajstić information content (AvgIpc) is 3.16. The van der Waals surface area contributed by atoms with Gasteiger partial charge >= 0.3 is 0 Å². The molecule has 1 heterocycles. The summed E-state index contributed by atoms with van der Waals surface area (Å²) in [6.45, 7) is 1.42. The molecule has 0 aliphatic carbocycles. The van der Waals surface area contributed by atoms with Crippen molar-refractivity contribution in [1.82, 2.24) is 10.2 Å². The second-order valence-electron chi connectivity index (χ2n) is 6.05. The van der Waals surface area contributed by atoms with Crippen molar-refractivity contribution in [3.63, 3.8) is 0 Å². The number of halogens is 2. The molecule has 0 bridgehead atoms. The zero-order chi connectivity index (χ0) is 22.4. The maximum atomic E-state index is 12.3. The van der Waals surface area contributed by atoms with Gasteiger partial charge in [0.1, 0.15) is 0 Å². The molecule has 0 spiro atoms. The summed E-state index contributed by atoms with van der Waals surface area (Å²) in [5.41, 5.74) is 1.47. The lowest BCUT2D eigenvalue weighted by Gasteiger charge is -2.06. The lowest BCUT2D eigenvalue weighted by molar-refractivity contribution is -0.114. The molecule has 1 aromatic heterocycles. The van der Waals surface area contributed by atoms with Crippen molar-refractivity contribution in [2.24, 2.45) is 0 Å². The summed E-state index contributed by atoms with van der Waals surface area (Å²) in [6.07, 6.45) is 0. The molecule has 0 saturated heterocycles. The van der Waals surface area contributed by atoms with E-state index < -0.39 is 5.91 Å². The summed E-state index contributed by atoms with van der Waals surface area (Å²) in [7, 11) is 0. The first-order chi connectivity index (χ1) is 14.8. The third kappa shape index (κ3) is 6.93. The topological polar surface area (TPSA) is 113 Å². The van der Waals surface area contributed by atoms with E-state index in [9.17, 15) is 14.4 Å². The zero-order valence-corrected chi connectivity index (χ0v) is 19.1. The van der Waals surface area contributed by atoms with Gasteiger partial charge in [-0.05, 0) is 42.5 Å². The van der Waals surface area contributed by atoms with E-state index in [1.165, 1.54) is 30.8 Å². The number of nitrogens with one attached hydrogen (secondary N) is 3. The Hall–Kier alpha value is -2.66. The number of hydrogen-bond donors (Lipinski definition) is 3. The van der Waals surface area contributed by atoms with Crippen LogP contribution in [-0.2, 0) is 9.59 Å². The largest absolute Gasteiger partial charge is 0.326 e. The molecule has 8 nitrogen and oxygen atoms in total. The van der Waals surface area contributed by atoms with Gasteiger partial charge in [-0.1, -0.05) is 46.3 Å². The number of hydrogen-bond acceptors (Lipinski definition) is 7. The first kappa shape index (κ1) is 23.0. The number of rotatable bonds is 7. The summed E-state index contributed by atoms with van der Waals surface area (Å²) < 4.78 is 0.517. The fourth-order valence-electron chi connectivity index (χ4n) is 2.32. The van der Waals surface area contributed by atoms with Crippen molar-refractivity contribution in [2.45, 2.75) is 11.3 Å². The average molecular weight is 496 g/mol. The molecule has 3 N–H and O–H groups in total. The van der Waals surface area contributed by atoms with E-state index in [1.807, 2.05) is 0 Å². The maximum Gasteiger partial charge on any atom is 0.259 e. The molecular formula is C19H15Cl2N5O3S2. The van der Waals surface area contributed by atoms with E-state index in [1.54, 1.807) is 30.3 Å². The van der Waals surface area contributed by atoms with Crippen LogP contribution in [-0.4, -0.2) is 33.7 Å². The number of amides is 3. The van der Waals surface area contributed by atoms with E-state index in [0.717, 1.165) is 11.3 Å². The van der Waals surface area contributed by atoms with Gasteiger partial charge in [0.2, 0.25) is 16.9 Å². The van der Waals surface area contributed by atoms with Crippen LogP contribution in [0.1, 0.15) is 17.3 Å². The lowest BCUT2D eigenvalue weighted by atomic mass is 10.2. The Bertz CT molecular complexity index is 1120. The number of carbonyl (C=O) groups is 3. The number of nitrogens with zero attached hydrogens (tertiary/aromatic N) is 2. The molecule has 0 atom stereocenters. The van der Waals surface area contributed by atoms with Crippen molar-refractivity contribution in [2.75, 3.05) is 21.7 Å². The molecule has 0 unspecified atom stereocenters. The molecule has 0 aliphatic heterocycles. The Balaban J connectivity index is 1.50. The molecule has 31 heavy (non-hydrogen) atoms. The molecule has 0 saturated carbocycles. The summed E-state index contributed by atoms with van der Waals surface area (Å²) in [6, 6.07) is 11.3. The number of aromatic nitrogens is 2. The Morgan fingerprint density at radius 1 is 0.968 bits per heavy atom. The van der Waals surface area contributed by atoms with Gasteiger partial charge in [0.15, 0.2) is 4.34 Å². The highest BCUT2D eigenvalue weighted by Crippen LogP contribution is 2.27. The minimum Gasteiger partial charge on any atom is -0.326 e. The molecule has 0 fully saturated rings. The summed E-state index contributed by atoms with van der Waals surface area (Å²) >= 11 is 14.2. The number of benzene rings is 2. The number of anilines is 3. The van der Waals surface area contributed by atoms with Gasteiger partial charge in [0.25, 0.3) is 5.91 Å². The van der Waals surface area contributed by atoms with Crippen LogP contribution in [0.5, 0.6) is 0 Å². The van der Waals surface area contributed by atoms with Gasteiger partial charge < -0.3 is 10.6 Å². The Morgan fingerprint density at radius 2 is 1.65 bits per heavy atom. The summed E-state index contributed by atoms with van der Waals surface area (Å²) in [5.74, 6) is -0.753. The van der Waals surface area contributed by atoms with E-state index >= 15 is 0 Å². The van der Waals surface area contributed by atoms with Crippen molar-refractivity contribution >= 4 is 80.5 Å². The smallest absolute Gasteiger partial charge is 0.259 e. The number of thioether (sulfide) groups is 1. The van der Waals surface area contributed by atoms with Crippen molar-refractivity contribution < 1.29 is 14.4 Å².